The highest BCUT2D eigenvalue weighted by Gasteiger charge is 2.30. The quantitative estimate of drug-likeness (QED) is 0.627. The van der Waals surface area contributed by atoms with Gasteiger partial charge in [0, 0.05) is 12.6 Å². The zero-order valence-electron chi connectivity index (χ0n) is 15.4. The van der Waals surface area contributed by atoms with E-state index in [1.54, 1.807) is 7.11 Å². The number of amides is 2. The van der Waals surface area contributed by atoms with Gasteiger partial charge in [-0.1, -0.05) is 29.4 Å². The van der Waals surface area contributed by atoms with Gasteiger partial charge in [-0.15, -0.1) is 0 Å². The van der Waals surface area contributed by atoms with E-state index in [2.05, 4.69) is 30.0 Å². The van der Waals surface area contributed by atoms with Gasteiger partial charge in [-0.05, 0) is 56.0 Å². The van der Waals surface area contributed by atoms with Gasteiger partial charge < -0.3 is 10.5 Å². The van der Waals surface area contributed by atoms with Crippen molar-refractivity contribution in [1.29, 1.82) is 0 Å². The van der Waals surface area contributed by atoms with E-state index in [4.69, 9.17) is 10.5 Å². The van der Waals surface area contributed by atoms with Crippen LogP contribution < -0.4 is 10.5 Å². The third-order valence-corrected chi connectivity index (χ3v) is 5.28. The van der Waals surface area contributed by atoms with Gasteiger partial charge in [-0.25, -0.2) is 9.86 Å². The van der Waals surface area contributed by atoms with E-state index in [0.717, 1.165) is 43.7 Å². The monoisotopic (exact) mass is 357 g/mol. The first-order chi connectivity index (χ1) is 12.5. The largest absolute Gasteiger partial charge is 0.497 e. The Labute approximate surface area is 154 Å². The second-order valence-corrected chi connectivity index (χ2v) is 7.07. The fraction of sp³-hybridized carbons (Fsp3) is 0.450. The van der Waals surface area contributed by atoms with E-state index in [0.29, 0.717) is 11.1 Å². The number of likely N-dealkylation sites (tertiary alicyclic amines) is 1. The van der Waals surface area contributed by atoms with Crippen molar-refractivity contribution in [2.24, 2.45) is 5.73 Å². The van der Waals surface area contributed by atoms with Crippen LogP contribution >= 0.6 is 0 Å². The average Bonchev–Trinajstić information content (AvgIpc) is 2.63. The van der Waals surface area contributed by atoms with E-state index in [9.17, 15) is 10.0 Å². The number of primary amides is 1. The molecule has 1 aliphatic carbocycles. The van der Waals surface area contributed by atoms with Crippen LogP contribution in [0.3, 0.4) is 0 Å². The van der Waals surface area contributed by atoms with Crippen LogP contribution in [-0.4, -0.2) is 47.4 Å². The molecule has 6 nitrogen and oxygen atoms in total. The Hall–Kier alpha value is -2.31. The van der Waals surface area contributed by atoms with E-state index in [-0.39, 0.29) is 6.54 Å². The third kappa shape index (κ3) is 4.08. The number of carbonyl (C=O) groups is 1. The Bertz CT molecular complexity index is 742. The van der Waals surface area contributed by atoms with Crippen LogP contribution in [0.2, 0.25) is 0 Å². The number of rotatable bonds is 5. The summed E-state index contributed by atoms with van der Waals surface area (Å²) in [4.78, 5) is 13.6. The Morgan fingerprint density at radius 1 is 1.46 bits per heavy atom. The number of nitrogens with zero attached hydrogens (tertiary/aromatic N) is 2. The number of nitrogens with two attached hydrogens (primary N) is 1. The van der Waals surface area contributed by atoms with Gasteiger partial charge in [-0.2, -0.15) is 0 Å². The molecule has 1 aromatic rings. The number of benzene rings is 1. The molecule has 0 spiro atoms. The summed E-state index contributed by atoms with van der Waals surface area (Å²) in [5.41, 5.74) is 9.93. The van der Waals surface area contributed by atoms with Crippen LogP contribution in [0.5, 0.6) is 5.75 Å². The lowest BCUT2D eigenvalue weighted by Gasteiger charge is -2.40. The Kier molecular flexibility index (Phi) is 5.64. The summed E-state index contributed by atoms with van der Waals surface area (Å²) in [6.07, 6.45) is 5.22. The van der Waals surface area contributed by atoms with Crippen LogP contribution in [0.4, 0.5) is 4.79 Å². The Morgan fingerprint density at radius 3 is 3.00 bits per heavy atom. The summed E-state index contributed by atoms with van der Waals surface area (Å²) in [7, 11) is 1.69. The highest BCUT2D eigenvalue weighted by atomic mass is 16.5. The molecule has 26 heavy (non-hydrogen) atoms. The highest BCUT2D eigenvalue weighted by molar-refractivity contribution is 5.71. The van der Waals surface area contributed by atoms with Gasteiger partial charge in [0.25, 0.3) is 0 Å². The van der Waals surface area contributed by atoms with Crippen molar-refractivity contribution in [1.82, 2.24) is 9.96 Å². The molecule has 1 aliphatic heterocycles. The van der Waals surface area contributed by atoms with Crippen molar-refractivity contribution in [3.63, 3.8) is 0 Å². The molecule has 0 radical (unpaired) electrons. The maximum Gasteiger partial charge on any atom is 0.338 e. The molecule has 0 aromatic heterocycles. The zero-order chi connectivity index (χ0) is 18.7. The van der Waals surface area contributed by atoms with Crippen molar-refractivity contribution < 1.29 is 14.7 Å². The smallest absolute Gasteiger partial charge is 0.338 e. The van der Waals surface area contributed by atoms with Gasteiger partial charge in [0.2, 0.25) is 0 Å². The summed E-state index contributed by atoms with van der Waals surface area (Å²) in [6.45, 7) is 4.16. The van der Waals surface area contributed by atoms with E-state index < -0.39 is 6.03 Å². The minimum Gasteiger partial charge on any atom is -0.497 e. The zero-order valence-corrected chi connectivity index (χ0v) is 15.4. The second kappa shape index (κ2) is 7.93. The first kappa shape index (κ1) is 18.5. The number of ether oxygens (including phenoxy) is 1. The van der Waals surface area contributed by atoms with Gasteiger partial charge in [0.1, 0.15) is 5.75 Å². The van der Waals surface area contributed by atoms with Crippen LogP contribution in [0.25, 0.3) is 0 Å². The van der Waals surface area contributed by atoms with E-state index in [1.807, 2.05) is 12.1 Å². The molecule has 1 aromatic carbocycles. The van der Waals surface area contributed by atoms with Gasteiger partial charge in [-0.3, -0.25) is 10.1 Å². The summed E-state index contributed by atoms with van der Waals surface area (Å²) in [5, 5.41) is 10.2. The maximum atomic E-state index is 11.1. The highest BCUT2D eigenvalue weighted by Crippen LogP contribution is 2.35. The van der Waals surface area contributed by atoms with Crippen molar-refractivity contribution in [3.05, 3.63) is 52.6 Å². The van der Waals surface area contributed by atoms with E-state index in [1.165, 1.54) is 16.7 Å². The van der Waals surface area contributed by atoms with Gasteiger partial charge >= 0.3 is 6.03 Å². The minimum absolute atomic E-state index is 0.146. The molecule has 1 saturated heterocycles. The first-order valence-electron chi connectivity index (χ1n) is 9.00. The molecule has 6 heteroatoms. The van der Waals surface area contributed by atoms with Crippen LogP contribution in [-0.2, 0) is 6.54 Å². The summed E-state index contributed by atoms with van der Waals surface area (Å²) in [6, 6.07) is 7.76. The SMILES string of the molecule is COc1cccc(CN2CCCC3=CC(CN(O)C(N)=O)=C(C)CC32)c1. The first-order valence-corrected chi connectivity index (χ1v) is 9.00. The number of carbonyl (C=O) groups excluding carboxylic acids is 1. The summed E-state index contributed by atoms with van der Waals surface area (Å²) < 4.78 is 5.33. The van der Waals surface area contributed by atoms with Crippen LogP contribution in [0, 0.1) is 0 Å². The second-order valence-electron chi connectivity index (χ2n) is 7.07. The predicted octanol–water partition coefficient (Wildman–Crippen LogP) is 3.08. The number of methoxy groups -OCH3 is 1. The lowest BCUT2D eigenvalue weighted by atomic mass is 9.83. The fourth-order valence-corrected chi connectivity index (χ4v) is 3.85. The number of fused-ring (bicyclic) bond motifs is 1. The minimum atomic E-state index is -0.825. The lowest BCUT2D eigenvalue weighted by molar-refractivity contribution is -0.0307. The van der Waals surface area contributed by atoms with E-state index >= 15 is 0 Å². The van der Waals surface area contributed by atoms with Crippen LogP contribution in [0.1, 0.15) is 31.7 Å². The third-order valence-electron chi connectivity index (χ3n) is 5.28. The molecular weight excluding hydrogens is 330 g/mol. The Morgan fingerprint density at radius 2 is 2.27 bits per heavy atom. The topological polar surface area (TPSA) is 79.0 Å². The maximum absolute atomic E-state index is 11.1. The summed E-state index contributed by atoms with van der Waals surface area (Å²) in [5.74, 6) is 0.881. The van der Waals surface area contributed by atoms with Crippen molar-refractivity contribution in [2.75, 3.05) is 20.2 Å². The molecule has 2 aliphatic rings. The summed E-state index contributed by atoms with van der Waals surface area (Å²) >= 11 is 0. The number of piperidine rings is 1. The molecule has 2 amide bonds. The van der Waals surface area contributed by atoms with Crippen molar-refractivity contribution >= 4 is 6.03 Å². The number of urea groups is 1. The molecule has 3 N–H and O–H groups in total. The van der Waals surface area contributed by atoms with Gasteiger partial charge in [0.15, 0.2) is 0 Å². The van der Waals surface area contributed by atoms with Crippen molar-refractivity contribution in [2.45, 2.75) is 38.8 Å². The van der Waals surface area contributed by atoms with Crippen molar-refractivity contribution in [3.8, 4) is 5.75 Å². The Balaban J connectivity index is 1.74. The molecule has 0 bridgehead atoms. The molecule has 3 rings (SSSR count). The molecular formula is C20H27N3O3. The van der Waals surface area contributed by atoms with Gasteiger partial charge in [0.05, 0.1) is 13.7 Å². The molecule has 1 heterocycles. The number of hydrogen-bond donors (Lipinski definition) is 2. The number of hydroxylamine groups is 2. The molecule has 1 atom stereocenters. The number of hydrogen-bond acceptors (Lipinski definition) is 4. The van der Waals surface area contributed by atoms with Crippen LogP contribution in [0.15, 0.2) is 47.1 Å². The molecule has 140 valence electrons. The standard InChI is InChI=1S/C20H27N3O3/c1-14-9-19-16(11-17(14)13-23(25)20(21)24)6-4-8-22(19)12-15-5-3-7-18(10-15)26-2/h3,5,7,10-11,19,25H,4,6,8-9,12-13H2,1-2H3,(H2,21,24). The average molecular weight is 357 g/mol. The molecule has 0 saturated carbocycles. The lowest BCUT2D eigenvalue weighted by Crippen LogP contribution is -2.42. The molecule has 1 unspecified atom stereocenters. The predicted molar refractivity (Wildman–Crippen MR) is 99.9 cm³/mol. The fourth-order valence-electron chi connectivity index (χ4n) is 3.85. The normalized spacial score (nSPS) is 20.4. The molecule has 1 fully saturated rings.